The van der Waals surface area contributed by atoms with Crippen LogP contribution in [0.5, 0.6) is 5.75 Å². The van der Waals surface area contributed by atoms with Crippen LogP contribution in [0.1, 0.15) is 59.7 Å². The van der Waals surface area contributed by atoms with Gasteiger partial charge in [0.2, 0.25) is 0 Å². The molecule has 0 radical (unpaired) electrons. The van der Waals surface area contributed by atoms with Crippen LogP contribution in [0.3, 0.4) is 0 Å². The number of carboxylic acid groups (broad SMARTS) is 1. The lowest BCUT2D eigenvalue weighted by Gasteiger charge is -2.28. The van der Waals surface area contributed by atoms with Crippen molar-refractivity contribution in [1.29, 1.82) is 0 Å². The maximum absolute atomic E-state index is 15.0. The van der Waals surface area contributed by atoms with Gasteiger partial charge < -0.3 is 15.2 Å². The van der Waals surface area contributed by atoms with Crippen LogP contribution in [0.2, 0.25) is 0 Å². The summed E-state index contributed by atoms with van der Waals surface area (Å²) < 4.78 is 64.8. The van der Waals surface area contributed by atoms with Gasteiger partial charge in [-0.05, 0) is 80.1 Å². The lowest BCUT2D eigenvalue weighted by atomic mass is 9.94. The van der Waals surface area contributed by atoms with Crippen LogP contribution < -0.4 is 21.3 Å². The van der Waals surface area contributed by atoms with E-state index in [1.807, 2.05) is 24.3 Å². The normalized spacial score (nSPS) is 14.5. The summed E-state index contributed by atoms with van der Waals surface area (Å²) in [6, 6.07) is 16.4. The summed E-state index contributed by atoms with van der Waals surface area (Å²) in [6.45, 7) is 1.51. The summed E-state index contributed by atoms with van der Waals surface area (Å²) in [4.78, 5) is 38.9. The number of rotatable bonds is 12. The molecule has 0 amide bonds. The van der Waals surface area contributed by atoms with Gasteiger partial charge in [-0.2, -0.15) is 13.2 Å². The molecule has 0 saturated carbocycles. The minimum Gasteiger partial charge on any atom is -0.494 e. The van der Waals surface area contributed by atoms with Gasteiger partial charge in [0.1, 0.15) is 11.6 Å². The minimum atomic E-state index is -4.87. The van der Waals surface area contributed by atoms with Gasteiger partial charge >= 0.3 is 17.8 Å². The Morgan fingerprint density at radius 3 is 2.53 bits per heavy atom. The number of unbranched alkanes of at least 4 members (excludes halogenated alkanes) is 2. The molecule has 0 aliphatic carbocycles. The fourth-order valence-electron chi connectivity index (χ4n) is 6.05. The Kier molecular flexibility index (Phi) is 10.3. The second-order valence-corrected chi connectivity index (χ2v) is 11.5. The zero-order valence-electron chi connectivity index (χ0n) is 25.8. The summed E-state index contributed by atoms with van der Waals surface area (Å²) >= 11 is 0. The van der Waals surface area contributed by atoms with Crippen molar-refractivity contribution in [1.82, 2.24) is 14.5 Å². The van der Waals surface area contributed by atoms with Gasteiger partial charge in [0.15, 0.2) is 0 Å². The predicted octanol–water partition coefficient (Wildman–Crippen LogP) is 6.10. The first-order valence-corrected chi connectivity index (χ1v) is 15.4. The van der Waals surface area contributed by atoms with Crippen LogP contribution >= 0.6 is 0 Å². The second kappa shape index (κ2) is 14.4. The van der Waals surface area contributed by atoms with Gasteiger partial charge in [-0.15, -0.1) is 0 Å². The van der Waals surface area contributed by atoms with Crippen LogP contribution in [0.4, 0.5) is 17.6 Å². The highest BCUT2D eigenvalue weighted by Gasteiger charge is 2.35. The number of hydrogen-bond acceptors (Lipinski definition) is 5. The summed E-state index contributed by atoms with van der Waals surface area (Å²) in [5.74, 6) is -1.57. The number of alkyl halides is 3. The number of ether oxygens (including phenoxy) is 1. The molecule has 1 aromatic heterocycles. The molecule has 0 spiro atoms. The quantitative estimate of drug-likeness (QED) is 0.142. The molecule has 3 aromatic carbocycles. The Labute approximate surface area is 268 Å². The zero-order valence-corrected chi connectivity index (χ0v) is 25.8. The van der Waals surface area contributed by atoms with Crippen molar-refractivity contribution in [2.45, 2.75) is 64.3 Å². The third-order valence-corrected chi connectivity index (χ3v) is 8.44. The molecule has 47 heavy (non-hydrogen) atoms. The van der Waals surface area contributed by atoms with E-state index in [1.54, 1.807) is 24.3 Å². The number of carbonyl (C=O) groups is 1. The molecule has 0 saturated heterocycles. The van der Waals surface area contributed by atoms with Crippen molar-refractivity contribution < 1.29 is 32.2 Å². The van der Waals surface area contributed by atoms with Crippen molar-refractivity contribution in [2.75, 3.05) is 13.2 Å². The van der Waals surface area contributed by atoms with Gasteiger partial charge in [-0.25, -0.2) is 9.18 Å². The molecule has 0 unspecified atom stereocenters. The van der Waals surface area contributed by atoms with Crippen molar-refractivity contribution in [3.05, 3.63) is 121 Å². The molecule has 5 rings (SSSR count). The van der Waals surface area contributed by atoms with Gasteiger partial charge in [0.25, 0.3) is 5.56 Å². The third-order valence-electron chi connectivity index (χ3n) is 8.44. The lowest BCUT2D eigenvalue weighted by molar-refractivity contribution is -0.138. The molecule has 4 aromatic rings. The Balaban J connectivity index is 1.58. The molecule has 2 heterocycles. The molecular formula is C35H35F4N3O5. The maximum Gasteiger partial charge on any atom is 0.416 e. The van der Waals surface area contributed by atoms with E-state index in [4.69, 9.17) is 9.84 Å². The molecule has 0 bridgehead atoms. The highest BCUT2D eigenvalue weighted by Crippen LogP contribution is 2.34. The van der Waals surface area contributed by atoms with E-state index in [1.165, 1.54) is 6.92 Å². The lowest BCUT2D eigenvalue weighted by Crippen LogP contribution is -2.45. The molecule has 12 heteroatoms. The van der Waals surface area contributed by atoms with E-state index in [2.05, 4.69) is 5.32 Å². The Hall–Kier alpha value is -4.71. The number of nitrogens with one attached hydrogen (secondary N) is 1. The molecule has 1 aliphatic heterocycles. The molecule has 1 atom stereocenters. The number of aliphatic carboxylic acids is 1. The minimum absolute atomic E-state index is 0.0655. The smallest absolute Gasteiger partial charge is 0.416 e. The van der Waals surface area contributed by atoms with Crippen LogP contribution in [0, 0.1) is 12.7 Å². The number of fused-ring (bicyclic) bond motifs is 1. The second-order valence-electron chi connectivity index (χ2n) is 11.5. The van der Waals surface area contributed by atoms with Crippen LogP contribution in [0.25, 0.3) is 11.1 Å². The number of carboxylic acids is 1. The molecular weight excluding hydrogens is 618 g/mol. The first-order valence-electron chi connectivity index (χ1n) is 15.4. The van der Waals surface area contributed by atoms with Gasteiger partial charge in [0.05, 0.1) is 36.9 Å². The van der Waals surface area contributed by atoms with Crippen molar-refractivity contribution in [3.8, 4) is 16.9 Å². The summed E-state index contributed by atoms with van der Waals surface area (Å²) in [6.07, 6.45) is -2.29. The Morgan fingerprint density at radius 2 is 1.77 bits per heavy atom. The molecule has 0 fully saturated rings. The van der Waals surface area contributed by atoms with E-state index >= 15 is 4.39 Å². The SMILES string of the molecule is Cc1c(-c2cccc(OCCCCCC(=O)O)c2)c(=O)n(C[C@@H]2NCCc3ccccc32)c(=O)n1Cc1c(F)cccc1C(F)(F)F. The van der Waals surface area contributed by atoms with Crippen LogP contribution in [-0.2, 0) is 30.5 Å². The topological polar surface area (TPSA) is 103 Å². The van der Waals surface area contributed by atoms with Crippen molar-refractivity contribution in [3.63, 3.8) is 0 Å². The first-order chi connectivity index (χ1) is 22.5. The fraction of sp³-hybridized carbons (Fsp3) is 0.343. The standard InChI is InChI=1S/C35H35F4N3O5/c1-22-32(24-10-7-11-25(19-24)47-18-6-2-3-15-31(43)44)33(45)42(21-30-26-12-5-4-9-23(26)16-17-40-30)34(46)41(22)20-27-28(35(37,38)39)13-8-14-29(27)36/h4-5,7-14,19,30,40H,2-3,6,15-18,20-21H2,1H3,(H,43,44)/t30-/m0/s1. The number of benzene rings is 3. The van der Waals surface area contributed by atoms with Gasteiger partial charge in [-0.1, -0.05) is 42.5 Å². The predicted molar refractivity (Wildman–Crippen MR) is 168 cm³/mol. The monoisotopic (exact) mass is 653 g/mol. The van der Waals surface area contributed by atoms with E-state index in [0.717, 1.165) is 44.9 Å². The van der Waals surface area contributed by atoms with Crippen molar-refractivity contribution >= 4 is 5.97 Å². The zero-order chi connectivity index (χ0) is 33.7. The maximum atomic E-state index is 15.0. The van der Waals surface area contributed by atoms with Crippen LogP contribution in [0.15, 0.2) is 76.3 Å². The number of aromatic nitrogens is 2. The van der Waals surface area contributed by atoms with Crippen LogP contribution in [-0.4, -0.2) is 33.4 Å². The van der Waals surface area contributed by atoms with E-state index < -0.39 is 52.9 Å². The molecule has 8 nitrogen and oxygen atoms in total. The summed E-state index contributed by atoms with van der Waals surface area (Å²) in [7, 11) is 0. The summed E-state index contributed by atoms with van der Waals surface area (Å²) in [5, 5.41) is 12.2. The average molecular weight is 654 g/mol. The Bertz CT molecular complexity index is 1880. The van der Waals surface area contributed by atoms with Gasteiger partial charge in [-0.3, -0.25) is 18.7 Å². The highest BCUT2D eigenvalue weighted by atomic mass is 19.4. The Morgan fingerprint density at radius 1 is 1.00 bits per heavy atom. The number of nitrogens with zero attached hydrogens (tertiary/aromatic N) is 2. The third kappa shape index (κ3) is 7.65. The number of hydrogen-bond donors (Lipinski definition) is 2. The summed E-state index contributed by atoms with van der Waals surface area (Å²) in [5.41, 5.74) is -0.903. The largest absolute Gasteiger partial charge is 0.494 e. The fourth-order valence-corrected chi connectivity index (χ4v) is 6.05. The van der Waals surface area contributed by atoms with E-state index in [-0.39, 0.29) is 24.2 Å². The van der Waals surface area contributed by atoms with Gasteiger partial charge in [0, 0.05) is 17.7 Å². The average Bonchev–Trinajstić information content (AvgIpc) is 3.03. The van der Waals surface area contributed by atoms with Crippen molar-refractivity contribution in [2.24, 2.45) is 0 Å². The highest BCUT2D eigenvalue weighted by molar-refractivity contribution is 5.67. The first kappa shape index (κ1) is 33.6. The van der Waals surface area contributed by atoms with E-state index in [9.17, 15) is 27.6 Å². The molecule has 2 N–H and O–H groups in total. The van der Waals surface area contributed by atoms with E-state index in [0.29, 0.717) is 43.7 Å². The molecule has 1 aliphatic rings. The molecule has 248 valence electrons. The number of halogens is 4.